The summed E-state index contributed by atoms with van der Waals surface area (Å²) < 4.78 is 5.64. The number of guanidine groups is 1. The SMILES string of the molecule is CN=C(NCC1(NC(C)c2ccccc2)CCOCC1)NC1CCCC1. The molecule has 0 radical (unpaired) electrons. The van der Waals surface area contributed by atoms with Crippen LogP contribution in [-0.4, -0.2) is 44.3 Å². The van der Waals surface area contributed by atoms with Crippen LogP contribution in [0.1, 0.15) is 57.1 Å². The van der Waals surface area contributed by atoms with E-state index in [0.717, 1.165) is 38.6 Å². The summed E-state index contributed by atoms with van der Waals surface area (Å²) in [6.07, 6.45) is 7.18. The zero-order valence-corrected chi connectivity index (χ0v) is 16.3. The first-order valence-electron chi connectivity index (χ1n) is 10.1. The molecule has 144 valence electrons. The molecule has 1 aliphatic heterocycles. The third-order valence-electron chi connectivity index (χ3n) is 5.79. The lowest BCUT2D eigenvalue weighted by atomic mass is 9.88. The number of ether oxygens (including phenoxy) is 1. The van der Waals surface area contributed by atoms with Gasteiger partial charge in [-0.25, -0.2) is 0 Å². The second-order valence-corrected chi connectivity index (χ2v) is 7.72. The molecule has 1 aromatic carbocycles. The molecule has 2 fully saturated rings. The van der Waals surface area contributed by atoms with Crippen LogP contribution in [0, 0.1) is 0 Å². The van der Waals surface area contributed by atoms with Crippen molar-refractivity contribution in [2.75, 3.05) is 26.8 Å². The van der Waals surface area contributed by atoms with Gasteiger partial charge in [-0.15, -0.1) is 0 Å². The molecule has 3 rings (SSSR count). The molecule has 1 atom stereocenters. The van der Waals surface area contributed by atoms with Gasteiger partial charge in [0.1, 0.15) is 0 Å². The van der Waals surface area contributed by atoms with Gasteiger partial charge in [0.15, 0.2) is 5.96 Å². The first-order valence-corrected chi connectivity index (χ1v) is 10.1. The molecule has 0 bridgehead atoms. The highest BCUT2D eigenvalue weighted by molar-refractivity contribution is 5.80. The van der Waals surface area contributed by atoms with E-state index < -0.39 is 0 Å². The van der Waals surface area contributed by atoms with E-state index >= 15 is 0 Å². The van der Waals surface area contributed by atoms with E-state index in [1.165, 1.54) is 31.2 Å². The number of nitrogens with zero attached hydrogens (tertiary/aromatic N) is 1. The van der Waals surface area contributed by atoms with Crippen molar-refractivity contribution < 1.29 is 4.74 Å². The summed E-state index contributed by atoms with van der Waals surface area (Å²) in [4.78, 5) is 4.44. The van der Waals surface area contributed by atoms with Crippen LogP contribution in [-0.2, 0) is 4.74 Å². The van der Waals surface area contributed by atoms with E-state index in [-0.39, 0.29) is 5.54 Å². The Morgan fingerprint density at radius 1 is 1.19 bits per heavy atom. The third kappa shape index (κ3) is 5.21. The standard InChI is InChI=1S/C21H34N4O/c1-17(18-8-4-3-5-9-18)25-21(12-14-26-15-13-21)16-23-20(22-2)24-19-10-6-7-11-19/h3-5,8-9,17,19,25H,6-7,10-16H2,1-2H3,(H2,22,23,24). The molecule has 1 unspecified atom stereocenters. The van der Waals surface area contributed by atoms with Crippen LogP contribution in [0.2, 0.25) is 0 Å². The number of benzene rings is 1. The van der Waals surface area contributed by atoms with Crippen LogP contribution in [0.4, 0.5) is 0 Å². The number of hydrogen-bond acceptors (Lipinski definition) is 3. The Hall–Kier alpha value is -1.59. The summed E-state index contributed by atoms with van der Waals surface area (Å²) in [5, 5.41) is 11.1. The van der Waals surface area contributed by atoms with Crippen molar-refractivity contribution in [3.05, 3.63) is 35.9 Å². The van der Waals surface area contributed by atoms with Crippen LogP contribution in [0.5, 0.6) is 0 Å². The lowest BCUT2D eigenvalue weighted by Crippen LogP contribution is -2.58. The maximum atomic E-state index is 5.64. The van der Waals surface area contributed by atoms with Gasteiger partial charge in [0.2, 0.25) is 0 Å². The highest BCUT2D eigenvalue weighted by Crippen LogP contribution is 2.25. The molecular weight excluding hydrogens is 324 g/mol. The maximum Gasteiger partial charge on any atom is 0.191 e. The van der Waals surface area contributed by atoms with Crippen LogP contribution >= 0.6 is 0 Å². The smallest absolute Gasteiger partial charge is 0.191 e. The molecule has 5 nitrogen and oxygen atoms in total. The Balaban J connectivity index is 1.61. The van der Waals surface area contributed by atoms with Crippen LogP contribution in [0.15, 0.2) is 35.3 Å². The van der Waals surface area contributed by atoms with Gasteiger partial charge in [0.25, 0.3) is 0 Å². The molecule has 1 aromatic rings. The van der Waals surface area contributed by atoms with E-state index in [4.69, 9.17) is 4.74 Å². The normalized spacial score (nSPS) is 22.2. The van der Waals surface area contributed by atoms with Gasteiger partial charge in [0, 0.05) is 44.4 Å². The number of nitrogens with one attached hydrogen (secondary N) is 3. The van der Waals surface area contributed by atoms with Gasteiger partial charge in [-0.05, 0) is 38.2 Å². The molecule has 1 saturated heterocycles. The third-order valence-corrected chi connectivity index (χ3v) is 5.79. The van der Waals surface area contributed by atoms with Gasteiger partial charge in [-0.3, -0.25) is 4.99 Å². The molecule has 0 amide bonds. The average Bonchev–Trinajstić information content (AvgIpc) is 3.20. The minimum Gasteiger partial charge on any atom is -0.381 e. The predicted octanol–water partition coefficient (Wildman–Crippen LogP) is 2.99. The van der Waals surface area contributed by atoms with Gasteiger partial charge < -0.3 is 20.7 Å². The summed E-state index contributed by atoms with van der Waals surface area (Å²) in [6, 6.07) is 11.5. The summed E-state index contributed by atoms with van der Waals surface area (Å²) in [5.74, 6) is 0.928. The van der Waals surface area contributed by atoms with Crippen LogP contribution in [0.25, 0.3) is 0 Å². The summed E-state index contributed by atoms with van der Waals surface area (Å²) in [6.45, 7) is 4.73. The first kappa shape index (κ1) is 19.2. The number of aliphatic imine (C=N–C) groups is 1. The van der Waals surface area contributed by atoms with Crippen molar-refractivity contribution >= 4 is 5.96 Å². The summed E-state index contributed by atoms with van der Waals surface area (Å²) >= 11 is 0. The van der Waals surface area contributed by atoms with E-state index in [0.29, 0.717) is 12.1 Å². The van der Waals surface area contributed by atoms with Crippen LogP contribution < -0.4 is 16.0 Å². The van der Waals surface area contributed by atoms with Crippen molar-refractivity contribution in [2.24, 2.45) is 4.99 Å². The average molecular weight is 359 g/mol. The molecule has 5 heteroatoms. The van der Waals surface area contributed by atoms with Gasteiger partial charge in [-0.1, -0.05) is 43.2 Å². The second kappa shape index (κ2) is 9.38. The fourth-order valence-corrected chi connectivity index (χ4v) is 4.13. The summed E-state index contributed by atoms with van der Waals surface area (Å²) in [7, 11) is 1.86. The zero-order chi connectivity index (χ0) is 18.2. The fraction of sp³-hybridized carbons (Fsp3) is 0.667. The van der Waals surface area contributed by atoms with E-state index in [2.05, 4.69) is 58.2 Å². The largest absolute Gasteiger partial charge is 0.381 e. The molecule has 3 N–H and O–H groups in total. The predicted molar refractivity (Wildman–Crippen MR) is 108 cm³/mol. The van der Waals surface area contributed by atoms with Gasteiger partial charge in [0.05, 0.1) is 0 Å². The Labute approximate surface area is 158 Å². The molecule has 2 aliphatic rings. The molecular formula is C21H34N4O. The fourth-order valence-electron chi connectivity index (χ4n) is 4.13. The highest BCUT2D eigenvalue weighted by Gasteiger charge is 2.34. The minimum atomic E-state index is 0.0286. The zero-order valence-electron chi connectivity index (χ0n) is 16.3. The Kier molecular flexibility index (Phi) is 6.92. The Morgan fingerprint density at radius 3 is 2.54 bits per heavy atom. The quantitative estimate of drug-likeness (QED) is 0.540. The second-order valence-electron chi connectivity index (χ2n) is 7.72. The molecule has 26 heavy (non-hydrogen) atoms. The highest BCUT2D eigenvalue weighted by atomic mass is 16.5. The van der Waals surface area contributed by atoms with Gasteiger partial charge in [-0.2, -0.15) is 0 Å². The van der Waals surface area contributed by atoms with Crippen molar-refractivity contribution in [3.8, 4) is 0 Å². The monoisotopic (exact) mass is 358 g/mol. The molecule has 1 saturated carbocycles. The van der Waals surface area contributed by atoms with Crippen molar-refractivity contribution in [3.63, 3.8) is 0 Å². The Bertz CT molecular complexity index is 563. The lowest BCUT2D eigenvalue weighted by Gasteiger charge is -2.41. The van der Waals surface area contributed by atoms with Crippen LogP contribution in [0.3, 0.4) is 0 Å². The minimum absolute atomic E-state index is 0.0286. The molecule has 0 spiro atoms. The Morgan fingerprint density at radius 2 is 1.88 bits per heavy atom. The number of rotatable bonds is 6. The van der Waals surface area contributed by atoms with Crippen molar-refractivity contribution in [1.82, 2.24) is 16.0 Å². The maximum absolute atomic E-state index is 5.64. The van der Waals surface area contributed by atoms with E-state index in [1.807, 2.05) is 7.05 Å². The lowest BCUT2D eigenvalue weighted by molar-refractivity contribution is 0.0354. The molecule has 1 heterocycles. The molecule has 1 aliphatic carbocycles. The van der Waals surface area contributed by atoms with E-state index in [1.54, 1.807) is 0 Å². The van der Waals surface area contributed by atoms with Crippen molar-refractivity contribution in [2.45, 2.75) is 63.1 Å². The summed E-state index contributed by atoms with van der Waals surface area (Å²) in [5.41, 5.74) is 1.35. The number of hydrogen-bond donors (Lipinski definition) is 3. The molecule has 0 aromatic heterocycles. The topological polar surface area (TPSA) is 57.7 Å². The van der Waals surface area contributed by atoms with Gasteiger partial charge >= 0.3 is 0 Å². The first-order chi connectivity index (χ1) is 12.7. The van der Waals surface area contributed by atoms with E-state index in [9.17, 15) is 0 Å². The van der Waals surface area contributed by atoms with Crippen molar-refractivity contribution in [1.29, 1.82) is 0 Å².